The Bertz CT molecular complexity index is 737. The van der Waals surface area contributed by atoms with Crippen molar-refractivity contribution in [2.24, 2.45) is 0 Å². The molecule has 0 bridgehead atoms. The van der Waals surface area contributed by atoms with E-state index < -0.39 is 53.4 Å². The predicted molar refractivity (Wildman–Crippen MR) is 70.8 cm³/mol. The van der Waals surface area contributed by atoms with Gasteiger partial charge in [-0.25, -0.2) is 14.4 Å². The number of H-pyrrole nitrogens is 1. The fourth-order valence-electron chi connectivity index (χ4n) is 2.20. The van der Waals surface area contributed by atoms with Crippen LogP contribution in [-0.2, 0) is 14.3 Å². The van der Waals surface area contributed by atoms with Gasteiger partial charge < -0.3 is 24.8 Å². The second-order valence-electron chi connectivity index (χ2n) is 4.68. The maximum Gasteiger partial charge on any atom is 0.355 e. The number of carbonyl (C=O) groups is 2. The smallest absolute Gasteiger partial charge is 0.355 e. The van der Waals surface area contributed by atoms with E-state index in [0.29, 0.717) is 4.57 Å². The Labute approximate surface area is 127 Å². The predicted octanol–water partition coefficient (Wildman–Crippen LogP) is -2.58. The summed E-state index contributed by atoms with van der Waals surface area (Å²) in [7, 11) is 0. The lowest BCUT2D eigenvalue weighted by atomic mass is 10.1. The second kappa shape index (κ2) is 6.32. The number of carboxylic acids is 1. The molecule has 2 rings (SSSR count). The van der Waals surface area contributed by atoms with Gasteiger partial charge in [0.1, 0.15) is 17.9 Å². The van der Waals surface area contributed by atoms with Crippen molar-refractivity contribution in [2.75, 3.05) is 6.61 Å². The molecule has 0 radical (unpaired) electrons. The molecule has 0 amide bonds. The van der Waals surface area contributed by atoms with Crippen molar-refractivity contribution in [1.82, 2.24) is 9.55 Å². The number of carbonyl (C=O) groups excluding carboxylic acids is 1. The number of nitrogens with zero attached hydrogens (tertiary/aromatic N) is 1. The van der Waals surface area contributed by atoms with E-state index in [1.54, 1.807) is 0 Å². The molecule has 11 heteroatoms. The molecule has 126 valence electrons. The van der Waals surface area contributed by atoms with E-state index >= 15 is 0 Å². The molecular weight excluding hydrogens is 316 g/mol. The van der Waals surface area contributed by atoms with E-state index in [1.165, 1.54) is 6.92 Å². The number of nitrogens with one attached hydrogen (secondary N) is 1. The number of hydrogen-bond donors (Lipinski definition) is 4. The summed E-state index contributed by atoms with van der Waals surface area (Å²) in [5, 5.41) is 28.5. The molecule has 1 aliphatic rings. The summed E-state index contributed by atoms with van der Waals surface area (Å²) in [6.45, 7) is 1.45. The number of aliphatic carboxylic acids is 1. The third-order valence-electron chi connectivity index (χ3n) is 3.20. The Morgan fingerprint density at radius 1 is 1.35 bits per heavy atom. The van der Waals surface area contributed by atoms with Gasteiger partial charge in [0.25, 0.3) is 5.56 Å². The van der Waals surface area contributed by atoms with E-state index in [9.17, 15) is 29.4 Å². The minimum Gasteiger partial charge on any atom is -0.479 e. The first-order valence-corrected chi connectivity index (χ1v) is 6.55. The summed E-state index contributed by atoms with van der Waals surface area (Å²) in [6, 6.07) is 0.746. The molecule has 11 nitrogen and oxygen atoms in total. The number of aliphatic hydroxyl groups is 2. The summed E-state index contributed by atoms with van der Waals surface area (Å²) in [6.07, 6.45) is -7.13. The molecule has 1 saturated heterocycles. The molecule has 23 heavy (non-hydrogen) atoms. The van der Waals surface area contributed by atoms with Crippen LogP contribution in [0.5, 0.6) is 0 Å². The van der Waals surface area contributed by atoms with Crippen molar-refractivity contribution < 1.29 is 34.4 Å². The third-order valence-corrected chi connectivity index (χ3v) is 3.20. The molecule has 1 aromatic rings. The van der Waals surface area contributed by atoms with Crippen LogP contribution in [0.25, 0.3) is 0 Å². The van der Waals surface area contributed by atoms with Crippen LogP contribution in [0.2, 0.25) is 0 Å². The van der Waals surface area contributed by atoms with Gasteiger partial charge in [0.05, 0.1) is 6.61 Å². The molecule has 2 heterocycles. The van der Waals surface area contributed by atoms with Crippen LogP contribution in [0.3, 0.4) is 0 Å². The van der Waals surface area contributed by atoms with E-state index in [4.69, 9.17) is 14.6 Å². The van der Waals surface area contributed by atoms with Gasteiger partial charge in [0, 0.05) is 6.07 Å². The molecule has 1 aromatic heterocycles. The van der Waals surface area contributed by atoms with Crippen LogP contribution >= 0.6 is 0 Å². The first kappa shape index (κ1) is 16.9. The topological polar surface area (TPSA) is 168 Å². The summed E-state index contributed by atoms with van der Waals surface area (Å²) in [4.78, 5) is 48.0. The zero-order chi connectivity index (χ0) is 17.3. The highest BCUT2D eigenvalue weighted by Crippen LogP contribution is 2.29. The number of aromatic nitrogens is 2. The van der Waals surface area contributed by atoms with Gasteiger partial charge in [-0.15, -0.1) is 0 Å². The van der Waals surface area contributed by atoms with Crippen LogP contribution in [0.15, 0.2) is 15.7 Å². The fourth-order valence-corrected chi connectivity index (χ4v) is 2.20. The zero-order valence-corrected chi connectivity index (χ0v) is 11.8. The molecule has 4 atom stereocenters. The van der Waals surface area contributed by atoms with Crippen LogP contribution in [0.4, 0.5) is 0 Å². The summed E-state index contributed by atoms with van der Waals surface area (Å²) < 4.78 is 10.2. The maximum atomic E-state index is 12.0. The van der Waals surface area contributed by atoms with E-state index in [-0.39, 0.29) is 6.61 Å². The summed E-state index contributed by atoms with van der Waals surface area (Å²) in [5.74, 6) is -2.60. The highest BCUT2D eigenvalue weighted by Gasteiger charge is 2.48. The van der Waals surface area contributed by atoms with Crippen LogP contribution < -0.4 is 11.2 Å². The van der Waals surface area contributed by atoms with Gasteiger partial charge >= 0.3 is 17.6 Å². The van der Waals surface area contributed by atoms with Crippen LogP contribution in [0.1, 0.15) is 23.6 Å². The molecular formula is C12H14N2O9. The van der Waals surface area contributed by atoms with Gasteiger partial charge in [-0.1, -0.05) is 0 Å². The van der Waals surface area contributed by atoms with Gasteiger partial charge in [-0.3, -0.25) is 14.3 Å². The average molecular weight is 330 g/mol. The zero-order valence-electron chi connectivity index (χ0n) is 11.8. The monoisotopic (exact) mass is 330 g/mol. The minimum atomic E-state index is -1.83. The molecule has 4 N–H and O–H groups in total. The molecule has 0 spiro atoms. The number of carboxylic acid groups (broad SMARTS) is 1. The fraction of sp³-hybridized carbons (Fsp3) is 0.500. The number of aliphatic hydroxyl groups excluding tert-OH is 2. The van der Waals surface area contributed by atoms with Crippen LogP contribution in [-0.4, -0.2) is 61.7 Å². The Kier molecular flexibility index (Phi) is 4.63. The Balaban J connectivity index is 2.55. The second-order valence-corrected chi connectivity index (χ2v) is 4.68. The van der Waals surface area contributed by atoms with Crippen molar-refractivity contribution in [3.63, 3.8) is 0 Å². The van der Waals surface area contributed by atoms with Crippen molar-refractivity contribution in [1.29, 1.82) is 0 Å². The number of rotatable bonds is 4. The molecule has 0 aliphatic carbocycles. The van der Waals surface area contributed by atoms with Crippen molar-refractivity contribution in [3.8, 4) is 0 Å². The van der Waals surface area contributed by atoms with Crippen molar-refractivity contribution >= 4 is 11.9 Å². The van der Waals surface area contributed by atoms with E-state index in [1.807, 2.05) is 4.98 Å². The van der Waals surface area contributed by atoms with E-state index in [2.05, 4.69) is 0 Å². The number of aromatic amines is 1. The summed E-state index contributed by atoms with van der Waals surface area (Å²) >= 11 is 0. The lowest BCUT2D eigenvalue weighted by molar-refractivity contribution is -0.155. The summed E-state index contributed by atoms with van der Waals surface area (Å²) in [5.41, 5.74) is -2.55. The Morgan fingerprint density at radius 2 is 2.00 bits per heavy atom. The van der Waals surface area contributed by atoms with Crippen LogP contribution in [0, 0.1) is 0 Å². The Morgan fingerprint density at radius 3 is 2.52 bits per heavy atom. The van der Waals surface area contributed by atoms with Gasteiger partial charge in [-0.05, 0) is 6.92 Å². The van der Waals surface area contributed by atoms with Gasteiger partial charge in [-0.2, -0.15) is 0 Å². The standard InChI is InChI=1S/C12H14N2O9/c1-2-22-11(20)4-3-5(15)13-12(21)14(4)9-7(17)6(16)8(23-9)10(18)19/h3,6-9,16-17H,2H2,1H3,(H,18,19)(H,13,15,21)/t6-,7+,8-,9+/m0/s1. The molecule has 1 fully saturated rings. The molecule has 0 saturated carbocycles. The highest BCUT2D eigenvalue weighted by atomic mass is 16.6. The first-order valence-electron chi connectivity index (χ1n) is 6.55. The van der Waals surface area contributed by atoms with Gasteiger partial charge in [0.2, 0.25) is 0 Å². The third kappa shape index (κ3) is 3.02. The minimum absolute atomic E-state index is 0.0473. The number of hydrogen-bond acceptors (Lipinski definition) is 8. The van der Waals surface area contributed by atoms with Crippen molar-refractivity contribution in [3.05, 3.63) is 32.6 Å². The first-order chi connectivity index (χ1) is 10.8. The largest absolute Gasteiger partial charge is 0.479 e. The lowest BCUT2D eigenvalue weighted by Gasteiger charge is -2.19. The number of ether oxygens (including phenoxy) is 2. The molecule has 0 unspecified atom stereocenters. The highest BCUT2D eigenvalue weighted by molar-refractivity contribution is 5.87. The Hall–Kier alpha value is -2.50. The lowest BCUT2D eigenvalue weighted by Crippen LogP contribution is -2.41. The SMILES string of the molecule is CCOC(=O)c1cc(=O)[nH]c(=O)n1[C@@H]1O[C@H](C(=O)O)[C@@H](O)[C@H]1O. The number of esters is 1. The molecule has 0 aromatic carbocycles. The quantitative estimate of drug-likeness (QED) is 0.433. The average Bonchev–Trinajstić information content (AvgIpc) is 2.75. The maximum absolute atomic E-state index is 12.0. The molecule has 1 aliphatic heterocycles. The van der Waals surface area contributed by atoms with Crippen molar-refractivity contribution in [2.45, 2.75) is 31.5 Å². The van der Waals surface area contributed by atoms with Gasteiger partial charge in [0.15, 0.2) is 12.3 Å². The normalized spacial score (nSPS) is 26.9. The van der Waals surface area contributed by atoms with E-state index in [0.717, 1.165) is 6.07 Å².